The molecule has 0 aliphatic heterocycles. The topological polar surface area (TPSA) is 26.0 Å². The van der Waals surface area contributed by atoms with Crippen molar-refractivity contribution in [1.29, 1.82) is 0 Å². The highest BCUT2D eigenvalue weighted by Gasteiger charge is 2.05. The van der Waals surface area contributed by atoms with Crippen LogP contribution in [0.3, 0.4) is 0 Å². The SMILES string of the molecule is NCc1cc(I)cc(Cl)c1F. The van der Waals surface area contributed by atoms with Crippen molar-refractivity contribution in [3.8, 4) is 0 Å². The van der Waals surface area contributed by atoms with Crippen LogP contribution in [0.2, 0.25) is 5.02 Å². The number of hydrogen-bond donors (Lipinski definition) is 1. The largest absolute Gasteiger partial charge is 0.326 e. The Labute approximate surface area is 82.9 Å². The third-order valence-corrected chi connectivity index (χ3v) is 2.19. The number of hydrogen-bond acceptors (Lipinski definition) is 1. The summed E-state index contributed by atoms with van der Waals surface area (Å²) < 4.78 is 13.9. The molecule has 1 aromatic carbocycles. The molecule has 11 heavy (non-hydrogen) atoms. The standard InChI is InChI=1S/C7H6ClFIN/c8-6-2-5(10)1-4(3-11)7(6)9/h1-2H,3,11H2. The minimum Gasteiger partial charge on any atom is -0.326 e. The van der Waals surface area contributed by atoms with Gasteiger partial charge in [-0.1, -0.05) is 11.6 Å². The second-order valence-corrected chi connectivity index (χ2v) is 3.72. The van der Waals surface area contributed by atoms with Gasteiger partial charge in [-0.05, 0) is 34.7 Å². The molecule has 1 rings (SSSR count). The van der Waals surface area contributed by atoms with Crippen LogP contribution in [0.4, 0.5) is 4.39 Å². The van der Waals surface area contributed by atoms with Gasteiger partial charge in [0.2, 0.25) is 0 Å². The number of rotatable bonds is 1. The van der Waals surface area contributed by atoms with E-state index in [-0.39, 0.29) is 11.6 Å². The van der Waals surface area contributed by atoms with Gasteiger partial charge in [-0.25, -0.2) is 4.39 Å². The highest BCUT2D eigenvalue weighted by atomic mass is 127. The number of nitrogens with two attached hydrogens (primary N) is 1. The van der Waals surface area contributed by atoms with Crippen LogP contribution in [0.1, 0.15) is 5.56 Å². The molecule has 2 N–H and O–H groups in total. The van der Waals surface area contributed by atoms with E-state index in [0.29, 0.717) is 5.56 Å². The second kappa shape index (κ2) is 3.69. The molecule has 0 aliphatic rings. The quantitative estimate of drug-likeness (QED) is 0.623. The lowest BCUT2D eigenvalue weighted by atomic mass is 10.2. The van der Waals surface area contributed by atoms with Crippen LogP contribution in [0, 0.1) is 9.39 Å². The van der Waals surface area contributed by atoms with Gasteiger partial charge in [0.1, 0.15) is 5.82 Å². The lowest BCUT2D eigenvalue weighted by Gasteiger charge is -2.01. The van der Waals surface area contributed by atoms with Crippen LogP contribution >= 0.6 is 34.2 Å². The van der Waals surface area contributed by atoms with Crippen molar-refractivity contribution in [1.82, 2.24) is 0 Å². The molecule has 4 heteroatoms. The Kier molecular flexibility index (Phi) is 3.09. The van der Waals surface area contributed by atoms with Gasteiger partial charge >= 0.3 is 0 Å². The van der Waals surface area contributed by atoms with Crippen molar-refractivity contribution >= 4 is 34.2 Å². The summed E-state index contributed by atoms with van der Waals surface area (Å²) in [5, 5.41) is 0.136. The van der Waals surface area contributed by atoms with Crippen LogP contribution in [0.5, 0.6) is 0 Å². The normalized spacial score (nSPS) is 10.2. The Morgan fingerprint density at radius 2 is 2.18 bits per heavy atom. The smallest absolute Gasteiger partial charge is 0.146 e. The molecule has 0 spiro atoms. The first kappa shape index (κ1) is 9.22. The molecule has 0 bridgehead atoms. The van der Waals surface area contributed by atoms with Crippen molar-refractivity contribution < 1.29 is 4.39 Å². The van der Waals surface area contributed by atoms with Crippen molar-refractivity contribution in [2.75, 3.05) is 0 Å². The lowest BCUT2D eigenvalue weighted by molar-refractivity contribution is 0.610. The van der Waals surface area contributed by atoms with Gasteiger partial charge in [0.05, 0.1) is 5.02 Å². The van der Waals surface area contributed by atoms with Gasteiger partial charge in [-0.15, -0.1) is 0 Å². The molecule has 0 saturated heterocycles. The summed E-state index contributed by atoms with van der Waals surface area (Å²) in [6.07, 6.45) is 0. The predicted molar refractivity (Wildman–Crippen MR) is 52.0 cm³/mol. The van der Waals surface area contributed by atoms with Crippen LogP contribution in [-0.4, -0.2) is 0 Å². The fourth-order valence-electron chi connectivity index (χ4n) is 0.758. The van der Waals surface area contributed by atoms with E-state index in [1.54, 1.807) is 12.1 Å². The van der Waals surface area contributed by atoms with Gasteiger partial charge in [-0.3, -0.25) is 0 Å². The molecule has 0 aliphatic carbocycles. The van der Waals surface area contributed by atoms with Crippen LogP contribution in [-0.2, 0) is 6.54 Å². The van der Waals surface area contributed by atoms with E-state index in [9.17, 15) is 4.39 Å². The third kappa shape index (κ3) is 2.04. The molecule has 0 amide bonds. The van der Waals surface area contributed by atoms with E-state index in [1.807, 2.05) is 0 Å². The average molecular weight is 285 g/mol. The zero-order chi connectivity index (χ0) is 8.43. The molecular weight excluding hydrogens is 279 g/mol. The van der Waals surface area contributed by atoms with Crippen LogP contribution < -0.4 is 5.73 Å². The summed E-state index contributed by atoms with van der Waals surface area (Å²) >= 11 is 7.63. The summed E-state index contributed by atoms with van der Waals surface area (Å²) in [6, 6.07) is 3.25. The molecular formula is C7H6ClFIN. The first-order chi connectivity index (χ1) is 5.15. The fourth-order valence-corrected chi connectivity index (χ4v) is 1.87. The van der Waals surface area contributed by atoms with E-state index in [1.165, 1.54) is 0 Å². The second-order valence-electron chi connectivity index (χ2n) is 2.06. The first-order valence-electron chi connectivity index (χ1n) is 2.98. The molecule has 0 aromatic heterocycles. The minimum absolute atomic E-state index is 0.136. The summed E-state index contributed by atoms with van der Waals surface area (Å²) in [5.41, 5.74) is 5.75. The van der Waals surface area contributed by atoms with Gasteiger partial charge in [0, 0.05) is 15.7 Å². The van der Waals surface area contributed by atoms with Crippen LogP contribution in [0.25, 0.3) is 0 Å². The molecule has 1 nitrogen and oxygen atoms in total. The highest BCUT2D eigenvalue weighted by molar-refractivity contribution is 14.1. The summed E-state index contributed by atoms with van der Waals surface area (Å²) in [7, 11) is 0. The summed E-state index contributed by atoms with van der Waals surface area (Å²) in [4.78, 5) is 0. The third-order valence-electron chi connectivity index (χ3n) is 1.29. The van der Waals surface area contributed by atoms with E-state index in [4.69, 9.17) is 17.3 Å². The van der Waals surface area contributed by atoms with Crippen molar-refractivity contribution in [2.24, 2.45) is 5.73 Å². The van der Waals surface area contributed by atoms with E-state index in [2.05, 4.69) is 22.6 Å². The number of benzene rings is 1. The molecule has 0 fully saturated rings. The highest BCUT2D eigenvalue weighted by Crippen LogP contribution is 2.21. The Balaban J connectivity index is 3.24. The van der Waals surface area contributed by atoms with Crippen molar-refractivity contribution in [3.63, 3.8) is 0 Å². The minimum atomic E-state index is -0.408. The molecule has 0 radical (unpaired) electrons. The zero-order valence-corrected chi connectivity index (χ0v) is 8.49. The first-order valence-corrected chi connectivity index (χ1v) is 4.44. The molecule has 1 aromatic rings. The van der Waals surface area contributed by atoms with Gasteiger partial charge in [0.15, 0.2) is 0 Å². The molecule has 0 unspecified atom stereocenters. The van der Waals surface area contributed by atoms with Crippen molar-refractivity contribution in [2.45, 2.75) is 6.54 Å². The molecule has 0 saturated carbocycles. The van der Waals surface area contributed by atoms with Gasteiger partial charge < -0.3 is 5.73 Å². The Hall–Kier alpha value is 0.130. The van der Waals surface area contributed by atoms with Gasteiger partial charge in [0.25, 0.3) is 0 Å². The van der Waals surface area contributed by atoms with E-state index < -0.39 is 5.82 Å². The monoisotopic (exact) mass is 285 g/mol. The van der Waals surface area contributed by atoms with Gasteiger partial charge in [-0.2, -0.15) is 0 Å². The molecule has 60 valence electrons. The maximum absolute atomic E-state index is 13.0. The zero-order valence-electron chi connectivity index (χ0n) is 5.57. The summed E-state index contributed by atoms with van der Waals surface area (Å²) in [5.74, 6) is -0.408. The summed E-state index contributed by atoms with van der Waals surface area (Å²) in [6.45, 7) is 0.183. The number of halogens is 3. The molecule has 0 atom stereocenters. The predicted octanol–water partition coefficient (Wildman–Crippen LogP) is 2.54. The van der Waals surface area contributed by atoms with E-state index >= 15 is 0 Å². The lowest BCUT2D eigenvalue weighted by Crippen LogP contribution is -2.00. The Morgan fingerprint density at radius 1 is 1.55 bits per heavy atom. The molecule has 0 heterocycles. The maximum Gasteiger partial charge on any atom is 0.146 e. The maximum atomic E-state index is 13.0. The van der Waals surface area contributed by atoms with Crippen LogP contribution in [0.15, 0.2) is 12.1 Å². The Bertz CT molecular complexity index is 277. The van der Waals surface area contributed by atoms with Crippen molar-refractivity contribution in [3.05, 3.63) is 32.1 Å². The average Bonchev–Trinajstić information content (AvgIpc) is 1.96. The van der Waals surface area contributed by atoms with E-state index in [0.717, 1.165) is 3.57 Å². The fraction of sp³-hybridized carbons (Fsp3) is 0.143. The Morgan fingerprint density at radius 3 is 2.73 bits per heavy atom.